The van der Waals surface area contributed by atoms with Crippen molar-refractivity contribution < 1.29 is 9.47 Å². The number of benzene rings is 1. The van der Waals surface area contributed by atoms with E-state index in [2.05, 4.69) is 58.8 Å². The Morgan fingerprint density at radius 1 is 1.28 bits per heavy atom. The third-order valence-corrected chi connectivity index (χ3v) is 6.46. The summed E-state index contributed by atoms with van der Waals surface area (Å²) in [6.07, 6.45) is 11.0. The Hall–Kier alpha value is -1.37. The molecule has 1 aliphatic carbocycles. The molecule has 1 heterocycles. The first kappa shape index (κ1) is 18.4. The SMILES string of the molecule is C[Si](C)(C)CCOCn1cnc2c(OC3C=CC=CC3)c(Br)ccc21. The van der Waals surface area contributed by atoms with Gasteiger partial charge in [0.2, 0.25) is 0 Å². The molecular formula is C19H25BrN2O2Si. The zero-order chi connectivity index (χ0) is 17.9. The highest BCUT2D eigenvalue weighted by molar-refractivity contribution is 9.10. The molecular weight excluding hydrogens is 396 g/mol. The number of fused-ring (bicyclic) bond motifs is 1. The van der Waals surface area contributed by atoms with Crippen molar-refractivity contribution in [2.75, 3.05) is 6.61 Å². The number of nitrogens with zero attached hydrogens (tertiary/aromatic N) is 2. The third-order valence-electron chi connectivity index (χ3n) is 4.14. The number of rotatable bonds is 7. The highest BCUT2D eigenvalue weighted by Gasteiger charge is 2.17. The molecule has 0 bridgehead atoms. The molecule has 134 valence electrons. The Bertz CT molecular complexity index is 793. The monoisotopic (exact) mass is 420 g/mol. The van der Waals surface area contributed by atoms with E-state index < -0.39 is 8.07 Å². The van der Waals surface area contributed by atoms with Crippen molar-refractivity contribution in [3.8, 4) is 5.75 Å². The fourth-order valence-electron chi connectivity index (χ4n) is 2.64. The van der Waals surface area contributed by atoms with Crippen LogP contribution in [0.15, 0.2) is 47.2 Å². The fraction of sp³-hybridized carbons (Fsp3) is 0.421. The summed E-state index contributed by atoms with van der Waals surface area (Å²) in [6.45, 7) is 8.40. The summed E-state index contributed by atoms with van der Waals surface area (Å²) >= 11 is 3.60. The van der Waals surface area contributed by atoms with Crippen molar-refractivity contribution in [2.45, 2.75) is 44.9 Å². The van der Waals surface area contributed by atoms with Gasteiger partial charge in [-0.15, -0.1) is 0 Å². The summed E-state index contributed by atoms with van der Waals surface area (Å²) in [4.78, 5) is 4.57. The maximum Gasteiger partial charge on any atom is 0.162 e. The molecule has 1 unspecified atom stereocenters. The van der Waals surface area contributed by atoms with E-state index in [4.69, 9.17) is 9.47 Å². The molecule has 1 aromatic heterocycles. The van der Waals surface area contributed by atoms with E-state index in [1.165, 1.54) is 6.04 Å². The molecule has 2 aromatic rings. The van der Waals surface area contributed by atoms with E-state index in [-0.39, 0.29) is 6.10 Å². The molecule has 3 rings (SSSR count). The summed E-state index contributed by atoms with van der Waals surface area (Å²) < 4.78 is 15.0. The maximum atomic E-state index is 6.19. The largest absolute Gasteiger partial charge is 0.482 e. The lowest BCUT2D eigenvalue weighted by Gasteiger charge is -2.17. The van der Waals surface area contributed by atoms with Crippen LogP contribution in [-0.2, 0) is 11.5 Å². The highest BCUT2D eigenvalue weighted by atomic mass is 79.9. The van der Waals surface area contributed by atoms with Crippen molar-refractivity contribution in [2.24, 2.45) is 0 Å². The number of ether oxygens (including phenoxy) is 2. The average molecular weight is 421 g/mol. The van der Waals surface area contributed by atoms with E-state index in [0.717, 1.165) is 34.3 Å². The van der Waals surface area contributed by atoms with Crippen molar-refractivity contribution in [1.29, 1.82) is 0 Å². The van der Waals surface area contributed by atoms with Crippen molar-refractivity contribution in [1.82, 2.24) is 9.55 Å². The minimum Gasteiger partial charge on any atom is -0.482 e. The van der Waals surface area contributed by atoms with E-state index in [1.54, 1.807) is 0 Å². The lowest BCUT2D eigenvalue weighted by Crippen LogP contribution is -2.21. The third kappa shape index (κ3) is 4.83. The fourth-order valence-corrected chi connectivity index (χ4v) is 3.81. The van der Waals surface area contributed by atoms with Crippen LogP contribution in [0.4, 0.5) is 0 Å². The van der Waals surface area contributed by atoms with E-state index >= 15 is 0 Å². The molecule has 1 aromatic carbocycles. The van der Waals surface area contributed by atoms with Crippen LogP contribution in [0, 0.1) is 0 Å². The number of imidazole rings is 1. The van der Waals surface area contributed by atoms with Crippen LogP contribution < -0.4 is 4.74 Å². The van der Waals surface area contributed by atoms with Gasteiger partial charge in [0.25, 0.3) is 0 Å². The molecule has 1 aliphatic rings. The van der Waals surface area contributed by atoms with Gasteiger partial charge in [-0.05, 0) is 40.2 Å². The molecule has 0 radical (unpaired) electrons. The van der Waals surface area contributed by atoms with E-state index in [9.17, 15) is 0 Å². The highest BCUT2D eigenvalue weighted by Crippen LogP contribution is 2.34. The van der Waals surface area contributed by atoms with Gasteiger partial charge in [0.05, 0.1) is 16.3 Å². The normalized spacial score (nSPS) is 17.4. The summed E-state index contributed by atoms with van der Waals surface area (Å²) in [5, 5.41) is 0. The van der Waals surface area contributed by atoms with Gasteiger partial charge in [0.15, 0.2) is 5.75 Å². The van der Waals surface area contributed by atoms with Gasteiger partial charge in [-0.1, -0.05) is 37.9 Å². The Kier molecular flexibility index (Phi) is 5.81. The smallest absolute Gasteiger partial charge is 0.162 e. The van der Waals surface area contributed by atoms with Crippen LogP contribution in [0.2, 0.25) is 25.7 Å². The van der Waals surface area contributed by atoms with Crippen molar-refractivity contribution in [3.05, 3.63) is 47.2 Å². The second-order valence-electron chi connectivity index (χ2n) is 7.51. The molecule has 0 amide bonds. The summed E-state index contributed by atoms with van der Waals surface area (Å²) in [5.74, 6) is 0.795. The molecule has 0 spiro atoms. The van der Waals surface area contributed by atoms with Gasteiger partial charge in [0, 0.05) is 21.1 Å². The Balaban J connectivity index is 1.73. The van der Waals surface area contributed by atoms with Gasteiger partial charge in [-0.3, -0.25) is 0 Å². The van der Waals surface area contributed by atoms with Gasteiger partial charge in [-0.2, -0.15) is 0 Å². The second-order valence-corrected chi connectivity index (χ2v) is 14.0. The number of aromatic nitrogens is 2. The molecule has 6 heteroatoms. The van der Waals surface area contributed by atoms with Crippen LogP contribution in [0.3, 0.4) is 0 Å². The molecule has 25 heavy (non-hydrogen) atoms. The van der Waals surface area contributed by atoms with Crippen molar-refractivity contribution in [3.63, 3.8) is 0 Å². The molecule has 0 aliphatic heterocycles. The van der Waals surface area contributed by atoms with Gasteiger partial charge in [0.1, 0.15) is 18.4 Å². The van der Waals surface area contributed by atoms with Crippen LogP contribution in [0.1, 0.15) is 6.42 Å². The van der Waals surface area contributed by atoms with E-state index in [0.29, 0.717) is 6.73 Å². The molecule has 0 saturated carbocycles. The number of allylic oxidation sites excluding steroid dienone is 2. The Labute approximate surface area is 158 Å². The van der Waals surface area contributed by atoms with Crippen LogP contribution in [-0.4, -0.2) is 30.3 Å². The molecule has 0 N–H and O–H groups in total. The predicted molar refractivity (Wildman–Crippen MR) is 109 cm³/mol. The number of hydrogen-bond donors (Lipinski definition) is 0. The second kappa shape index (κ2) is 7.89. The molecule has 1 atom stereocenters. The number of hydrogen-bond acceptors (Lipinski definition) is 3. The first-order valence-corrected chi connectivity index (χ1v) is 13.2. The summed E-state index contributed by atoms with van der Waals surface area (Å²) in [7, 11) is -1.06. The van der Waals surface area contributed by atoms with Crippen LogP contribution >= 0.6 is 15.9 Å². The zero-order valence-electron chi connectivity index (χ0n) is 15.0. The van der Waals surface area contributed by atoms with E-state index in [1.807, 2.05) is 29.1 Å². The van der Waals surface area contributed by atoms with Crippen LogP contribution in [0.25, 0.3) is 11.0 Å². The maximum absolute atomic E-state index is 6.19. The quantitative estimate of drug-likeness (QED) is 0.445. The van der Waals surface area contributed by atoms with Gasteiger partial charge < -0.3 is 14.0 Å². The number of halogens is 1. The minimum atomic E-state index is -1.06. The first-order chi connectivity index (χ1) is 11.9. The van der Waals surface area contributed by atoms with Gasteiger partial charge >= 0.3 is 0 Å². The minimum absolute atomic E-state index is 0.0463. The topological polar surface area (TPSA) is 36.3 Å². The standard InChI is InChI=1S/C19H25BrN2O2Si/c1-25(2,3)12-11-23-14-22-13-21-18-17(22)10-9-16(20)19(18)24-15-7-5-4-6-8-15/h4-7,9-10,13,15H,8,11-12,14H2,1-3H3. The average Bonchev–Trinajstić information content (AvgIpc) is 2.98. The van der Waals surface area contributed by atoms with Crippen LogP contribution in [0.5, 0.6) is 5.75 Å². The predicted octanol–water partition coefficient (Wildman–Crippen LogP) is 5.37. The van der Waals surface area contributed by atoms with Gasteiger partial charge in [-0.25, -0.2) is 4.98 Å². The van der Waals surface area contributed by atoms with Crippen molar-refractivity contribution >= 4 is 35.0 Å². The lowest BCUT2D eigenvalue weighted by atomic mass is 10.1. The first-order valence-electron chi connectivity index (χ1n) is 8.65. The summed E-state index contributed by atoms with van der Waals surface area (Å²) in [5.41, 5.74) is 1.90. The lowest BCUT2D eigenvalue weighted by molar-refractivity contribution is 0.0898. The Morgan fingerprint density at radius 3 is 2.84 bits per heavy atom. The Morgan fingerprint density at radius 2 is 2.12 bits per heavy atom. The zero-order valence-corrected chi connectivity index (χ0v) is 17.6. The molecule has 0 fully saturated rings. The molecule has 4 nitrogen and oxygen atoms in total. The molecule has 0 saturated heterocycles. The summed E-state index contributed by atoms with van der Waals surface area (Å²) in [6, 6.07) is 5.24.